The zero-order valence-electron chi connectivity index (χ0n) is 6.73. The van der Waals surface area contributed by atoms with E-state index in [0.717, 1.165) is 12.8 Å². The quantitative estimate of drug-likeness (QED) is 0.680. The van der Waals surface area contributed by atoms with Crippen LogP contribution in [-0.2, 0) is 14.3 Å². The summed E-state index contributed by atoms with van der Waals surface area (Å²) in [5.74, 6) is -0.943. The summed E-state index contributed by atoms with van der Waals surface area (Å²) >= 11 is 0. The maximum absolute atomic E-state index is 10.1. The van der Waals surface area contributed by atoms with Gasteiger partial charge in [-0.3, -0.25) is 0 Å². The molecular weight excluding hydrogens is 160 g/mol. The minimum absolute atomic E-state index is 0.0225. The Morgan fingerprint density at radius 2 is 2.58 bits per heavy atom. The Kier molecular flexibility index (Phi) is 3.60. The van der Waals surface area contributed by atoms with Crippen molar-refractivity contribution in [2.45, 2.75) is 18.9 Å². The monoisotopic (exact) mass is 172 g/mol. The van der Waals surface area contributed by atoms with Gasteiger partial charge in [0.1, 0.15) is 12.7 Å². The first-order valence-electron chi connectivity index (χ1n) is 3.89. The summed E-state index contributed by atoms with van der Waals surface area (Å²) in [7, 11) is 0. The fourth-order valence-electron chi connectivity index (χ4n) is 0.985. The van der Waals surface area contributed by atoms with Gasteiger partial charge in [0.2, 0.25) is 0 Å². The number of carboxylic acid groups (broad SMARTS) is 1. The molecule has 0 aliphatic carbocycles. The predicted molar refractivity (Wildman–Crippen MR) is 41.7 cm³/mol. The Bertz CT molecular complexity index is 176. The van der Waals surface area contributed by atoms with E-state index >= 15 is 0 Å². The van der Waals surface area contributed by atoms with Crippen LogP contribution in [0.4, 0.5) is 0 Å². The lowest BCUT2D eigenvalue weighted by atomic mass is 10.2. The van der Waals surface area contributed by atoms with Crippen molar-refractivity contribution in [3.63, 3.8) is 0 Å². The number of hydrogen-bond acceptors (Lipinski definition) is 3. The van der Waals surface area contributed by atoms with Crippen LogP contribution in [0.5, 0.6) is 0 Å². The number of hydrogen-bond donors (Lipinski definition) is 1. The molecule has 0 unspecified atom stereocenters. The molecule has 1 atom stereocenters. The van der Waals surface area contributed by atoms with Crippen LogP contribution in [0.3, 0.4) is 0 Å². The molecule has 1 N–H and O–H groups in total. The van der Waals surface area contributed by atoms with Crippen LogP contribution in [0.1, 0.15) is 12.8 Å². The topological polar surface area (TPSA) is 55.8 Å². The van der Waals surface area contributed by atoms with E-state index in [1.807, 2.05) is 6.08 Å². The van der Waals surface area contributed by atoms with Crippen molar-refractivity contribution in [2.75, 3.05) is 13.2 Å². The minimum Gasteiger partial charge on any atom is -0.496 e. The molecule has 0 aromatic rings. The lowest BCUT2D eigenvalue weighted by Crippen LogP contribution is -2.21. The van der Waals surface area contributed by atoms with Gasteiger partial charge in [-0.1, -0.05) is 0 Å². The van der Waals surface area contributed by atoms with Gasteiger partial charge in [-0.15, -0.1) is 0 Å². The number of aliphatic carboxylic acids is 1. The maximum atomic E-state index is 10.1. The molecule has 0 aromatic carbocycles. The van der Waals surface area contributed by atoms with E-state index in [9.17, 15) is 4.79 Å². The van der Waals surface area contributed by atoms with E-state index in [0.29, 0.717) is 6.61 Å². The fourth-order valence-corrected chi connectivity index (χ4v) is 0.985. The summed E-state index contributed by atoms with van der Waals surface area (Å²) in [5.41, 5.74) is 0. The molecule has 0 saturated carbocycles. The van der Waals surface area contributed by atoms with Crippen molar-refractivity contribution in [1.29, 1.82) is 0 Å². The van der Waals surface area contributed by atoms with Gasteiger partial charge >= 0.3 is 5.97 Å². The van der Waals surface area contributed by atoms with Crippen molar-refractivity contribution in [3.05, 3.63) is 12.3 Å². The van der Waals surface area contributed by atoms with Crippen LogP contribution in [0.25, 0.3) is 0 Å². The highest BCUT2D eigenvalue weighted by Gasteiger charge is 2.11. The summed E-state index contributed by atoms with van der Waals surface area (Å²) in [6.07, 6.45) is 5.47. The predicted octanol–water partition coefficient (Wildman–Crippen LogP) is 0.780. The average Bonchev–Trinajstić information content (AvgIpc) is 2.05. The number of carboxylic acids is 1. The highest BCUT2D eigenvalue weighted by atomic mass is 16.5. The minimum atomic E-state index is -0.943. The standard InChI is InChI=1S/C8H12O4/c9-8(10)6-11-5-7-3-1-2-4-12-7/h2,4,7H,1,3,5-6H2,(H,9,10)/t7-/m1/s1. The molecule has 0 amide bonds. The van der Waals surface area contributed by atoms with Crippen molar-refractivity contribution >= 4 is 5.97 Å². The van der Waals surface area contributed by atoms with Gasteiger partial charge < -0.3 is 14.6 Å². The van der Waals surface area contributed by atoms with Crippen molar-refractivity contribution in [2.24, 2.45) is 0 Å². The number of allylic oxidation sites excluding steroid dienone is 1. The van der Waals surface area contributed by atoms with Crippen LogP contribution < -0.4 is 0 Å². The number of ether oxygens (including phenoxy) is 2. The lowest BCUT2D eigenvalue weighted by molar-refractivity contribution is -0.143. The van der Waals surface area contributed by atoms with Gasteiger partial charge in [0.05, 0.1) is 12.9 Å². The molecule has 0 saturated heterocycles. The molecule has 4 heteroatoms. The second-order valence-corrected chi connectivity index (χ2v) is 2.62. The molecule has 1 heterocycles. The highest BCUT2D eigenvalue weighted by molar-refractivity contribution is 5.67. The number of rotatable bonds is 4. The first kappa shape index (κ1) is 9.06. The highest BCUT2D eigenvalue weighted by Crippen LogP contribution is 2.09. The summed E-state index contributed by atoms with van der Waals surface area (Å²) in [5, 5.41) is 8.26. The molecule has 0 radical (unpaired) electrons. The molecule has 1 aliphatic heterocycles. The van der Waals surface area contributed by atoms with Crippen LogP contribution in [0, 0.1) is 0 Å². The third kappa shape index (κ3) is 3.39. The molecule has 1 rings (SSSR count). The van der Waals surface area contributed by atoms with Gasteiger partial charge in [0.25, 0.3) is 0 Å². The molecule has 68 valence electrons. The van der Waals surface area contributed by atoms with Gasteiger partial charge in [0, 0.05) is 0 Å². The van der Waals surface area contributed by atoms with Crippen molar-refractivity contribution in [3.8, 4) is 0 Å². The van der Waals surface area contributed by atoms with E-state index in [1.54, 1.807) is 6.26 Å². The second-order valence-electron chi connectivity index (χ2n) is 2.62. The largest absolute Gasteiger partial charge is 0.496 e. The SMILES string of the molecule is O=C(O)COC[C@H]1CCC=CO1. The van der Waals surface area contributed by atoms with E-state index in [1.165, 1.54) is 0 Å². The molecule has 0 aromatic heterocycles. The van der Waals surface area contributed by atoms with Gasteiger partial charge in [-0.25, -0.2) is 4.79 Å². The van der Waals surface area contributed by atoms with E-state index < -0.39 is 5.97 Å². The van der Waals surface area contributed by atoms with E-state index in [-0.39, 0.29) is 12.7 Å². The Labute approximate surface area is 70.8 Å². The molecule has 0 fully saturated rings. The Hall–Kier alpha value is -1.03. The van der Waals surface area contributed by atoms with Crippen LogP contribution >= 0.6 is 0 Å². The molecule has 12 heavy (non-hydrogen) atoms. The van der Waals surface area contributed by atoms with E-state index in [4.69, 9.17) is 14.6 Å². The fraction of sp³-hybridized carbons (Fsp3) is 0.625. The van der Waals surface area contributed by atoms with E-state index in [2.05, 4.69) is 0 Å². The summed E-state index contributed by atoms with van der Waals surface area (Å²) in [6.45, 7) is 0.111. The smallest absolute Gasteiger partial charge is 0.329 e. The normalized spacial score (nSPS) is 21.8. The van der Waals surface area contributed by atoms with Crippen LogP contribution in [-0.4, -0.2) is 30.4 Å². The molecule has 0 bridgehead atoms. The Morgan fingerprint density at radius 1 is 1.75 bits per heavy atom. The first-order valence-corrected chi connectivity index (χ1v) is 3.89. The molecule has 4 nitrogen and oxygen atoms in total. The second kappa shape index (κ2) is 4.77. The van der Waals surface area contributed by atoms with Gasteiger partial charge in [0.15, 0.2) is 0 Å². The van der Waals surface area contributed by atoms with Crippen molar-refractivity contribution < 1.29 is 19.4 Å². The average molecular weight is 172 g/mol. The van der Waals surface area contributed by atoms with Crippen LogP contribution in [0.15, 0.2) is 12.3 Å². The van der Waals surface area contributed by atoms with Crippen LogP contribution in [0.2, 0.25) is 0 Å². The lowest BCUT2D eigenvalue weighted by Gasteiger charge is -2.18. The zero-order valence-corrected chi connectivity index (χ0v) is 6.73. The summed E-state index contributed by atoms with van der Waals surface area (Å²) in [6, 6.07) is 0. The molecule has 1 aliphatic rings. The summed E-state index contributed by atoms with van der Waals surface area (Å²) < 4.78 is 10.0. The third-order valence-electron chi connectivity index (χ3n) is 1.55. The van der Waals surface area contributed by atoms with Gasteiger partial charge in [-0.2, -0.15) is 0 Å². The van der Waals surface area contributed by atoms with Gasteiger partial charge in [-0.05, 0) is 18.9 Å². The summed E-state index contributed by atoms with van der Waals surface area (Å²) in [4.78, 5) is 10.1. The zero-order chi connectivity index (χ0) is 8.81. The third-order valence-corrected chi connectivity index (χ3v) is 1.55. The molecule has 0 spiro atoms. The molecular formula is C8H12O4. The Balaban J connectivity index is 2.06. The Morgan fingerprint density at radius 3 is 3.17 bits per heavy atom. The van der Waals surface area contributed by atoms with Crippen molar-refractivity contribution in [1.82, 2.24) is 0 Å². The maximum Gasteiger partial charge on any atom is 0.329 e. The first-order chi connectivity index (χ1) is 5.79. The number of carbonyl (C=O) groups is 1.